The topological polar surface area (TPSA) is 131 Å². The molecule has 3 aromatic rings. The lowest BCUT2D eigenvalue weighted by atomic mass is 9.85. The highest BCUT2D eigenvalue weighted by Gasteiger charge is 2.30. The van der Waals surface area contributed by atoms with Gasteiger partial charge in [0, 0.05) is 23.0 Å². The molecule has 2 aliphatic carbocycles. The van der Waals surface area contributed by atoms with E-state index in [1.54, 1.807) is 6.20 Å². The van der Waals surface area contributed by atoms with Crippen molar-refractivity contribution in [3.63, 3.8) is 0 Å². The number of hydrogen-bond donors (Lipinski definition) is 4. The molecule has 0 aliphatic heterocycles. The van der Waals surface area contributed by atoms with Crippen LogP contribution in [0, 0.1) is 11.7 Å². The Morgan fingerprint density at radius 1 is 1.14 bits per heavy atom. The van der Waals surface area contributed by atoms with Crippen LogP contribution >= 0.6 is 23.2 Å². The molecule has 2 saturated carbocycles. The van der Waals surface area contributed by atoms with Crippen molar-refractivity contribution in [2.24, 2.45) is 11.7 Å². The molecule has 36 heavy (non-hydrogen) atoms. The predicted molar refractivity (Wildman–Crippen MR) is 137 cm³/mol. The predicted octanol–water partition coefficient (Wildman–Crippen LogP) is 4.95. The quantitative estimate of drug-likeness (QED) is 0.351. The number of aliphatic hydroxyl groups excluding tert-OH is 1. The van der Waals surface area contributed by atoms with Crippen molar-refractivity contribution < 1.29 is 14.3 Å². The van der Waals surface area contributed by atoms with Gasteiger partial charge in [0.1, 0.15) is 11.3 Å². The Bertz CT molecular complexity index is 1260. The number of benzene rings is 1. The fraction of sp³-hybridized carbons (Fsp3) is 0.500. The second kappa shape index (κ2) is 10.4. The Morgan fingerprint density at radius 3 is 2.61 bits per heavy atom. The van der Waals surface area contributed by atoms with Crippen LogP contribution in [0.3, 0.4) is 0 Å². The van der Waals surface area contributed by atoms with Crippen LogP contribution in [0.15, 0.2) is 18.3 Å². The third-order valence-corrected chi connectivity index (χ3v) is 7.64. The Balaban J connectivity index is 1.51. The van der Waals surface area contributed by atoms with Crippen molar-refractivity contribution in [2.75, 3.05) is 10.6 Å². The number of nitrogens with two attached hydrogens (primary N) is 1. The molecule has 2 heterocycles. The number of halogens is 3. The number of hydrogen-bond acceptors (Lipinski definition) is 7. The number of fused-ring (bicyclic) bond motifs is 1. The zero-order chi connectivity index (χ0) is 25.4. The van der Waals surface area contributed by atoms with Gasteiger partial charge in [0.05, 0.1) is 23.0 Å². The van der Waals surface area contributed by atoms with E-state index in [4.69, 9.17) is 33.9 Å². The van der Waals surface area contributed by atoms with E-state index in [0.717, 1.165) is 19.3 Å². The van der Waals surface area contributed by atoms with Crippen molar-refractivity contribution in [3.8, 4) is 0 Å². The molecular formula is C24H28Cl2FN7O2. The number of rotatable bonds is 6. The average Bonchev–Trinajstić information content (AvgIpc) is 3.18. The number of amides is 1. The molecular weight excluding hydrogens is 508 g/mol. The summed E-state index contributed by atoms with van der Waals surface area (Å²) in [5.74, 6) is -0.250. The number of aromatic nitrogens is 4. The standard InChI is InChI=1S/C24H28Cl2FN7O2/c25-13-8-17(26)20(18(27)9-13)32-24-31-19-11-29-23(30-14-2-1-3-16(35)10-14)33-22(19)34(24)15-6-4-12(5-7-15)21(28)36/h8-9,11-12,14-16,35H,1-7,10H2,(H2,28,36)(H,31,32)(H,29,30,33)/t12?,14-,15?,16+/m1/s1. The highest BCUT2D eigenvalue weighted by Crippen LogP contribution is 2.38. The van der Waals surface area contributed by atoms with Gasteiger partial charge < -0.3 is 21.5 Å². The first-order valence-electron chi connectivity index (χ1n) is 12.2. The molecule has 1 amide bonds. The first-order valence-corrected chi connectivity index (χ1v) is 12.9. The molecule has 5 N–H and O–H groups in total. The maximum atomic E-state index is 14.7. The van der Waals surface area contributed by atoms with Gasteiger partial charge in [-0.15, -0.1) is 0 Å². The summed E-state index contributed by atoms with van der Waals surface area (Å²) in [6, 6.07) is 2.68. The van der Waals surface area contributed by atoms with Crippen molar-refractivity contribution in [2.45, 2.75) is 69.6 Å². The molecule has 2 fully saturated rings. The molecule has 9 nitrogen and oxygen atoms in total. The van der Waals surface area contributed by atoms with Gasteiger partial charge >= 0.3 is 0 Å². The van der Waals surface area contributed by atoms with Gasteiger partial charge in [-0.05, 0) is 63.5 Å². The third-order valence-electron chi connectivity index (χ3n) is 7.12. The molecule has 0 radical (unpaired) electrons. The van der Waals surface area contributed by atoms with Gasteiger partial charge in [0.2, 0.25) is 17.8 Å². The Hall–Kier alpha value is -2.69. The summed E-state index contributed by atoms with van der Waals surface area (Å²) in [4.78, 5) is 25.5. The van der Waals surface area contributed by atoms with Crippen LogP contribution in [-0.2, 0) is 4.79 Å². The first-order chi connectivity index (χ1) is 17.3. The van der Waals surface area contributed by atoms with Crippen LogP contribution in [0.25, 0.3) is 11.2 Å². The maximum absolute atomic E-state index is 14.7. The number of carbonyl (C=O) groups is 1. The number of nitrogens with zero attached hydrogens (tertiary/aromatic N) is 4. The van der Waals surface area contributed by atoms with Crippen LogP contribution < -0.4 is 16.4 Å². The van der Waals surface area contributed by atoms with Crippen LogP contribution in [0.4, 0.5) is 22.0 Å². The highest BCUT2D eigenvalue weighted by atomic mass is 35.5. The molecule has 0 saturated heterocycles. The summed E-state index contributed by atoms with van der Waals surface area (Å²) in [5.41, 5.74) is 6.71. The summed E-state index contributed by atoms with van der Waals surface area (Å²) in [5, 5.41) is 16.7. The fourth-order valence-electron chi connectivity index (χ4n) is 5.26. The summed E-state index contributed by atoms with van der Waals surface area (Å²) in [6.45, 7) is 0. The molecule has 12 heteroatoms. The summed E-state index contributed by atoms with van der Waals surface area (Å²) >= 11 is 12.2. The van der Waals surface area contributed by atoms with E-state index in [-0.39, 0.29) is 45.7 Å². The minimum atomic E-state index is -0.604. The highest BCUT2D eigenvalue weighted by molar-refractivity contribution is 6.36. The SMILES string of the molecule is NC(=O)C1CCC(n2c(Nc3c(F)cc(Cl)cc3Cl)nc3cnc(N[C@@H]4CCC[C@H](O)C4)nc32)CC1. The molecule has 2 aromatic heterocycles. The molecule has 0 unspecified atom stereocenters. The van der Waals surface area contributed by atoms with Crippen molar-refractivity contribution >= 4 is 57.9 Å². The maximum Gasteiger partial charge on any atom is 0.224 e. The van der Waals surface area contributed by atoms with Gasteiger partial charge in [-0.25, -0.2) is 14.4 Å². The van der Waals surface area contributed by atoms with E-state index in [1.165, 1.54) is 12.1 Å². The minimum Gasteiger partial charge on any atom is -0.393 e. The van der Waals surface area contributed by atoms with Gasteiger partial charge in [0.15, 0.2) is 5.65 Å². The number of primary amides is 1. The Morgan fingerprint density at radius 2 is 1.92 bits per heavy atom. The van der Waals surface area contributed by atoms with Gasteiger partial charge in [-0.2, -0.15) is 4.98 Å². The molecule has 5 rings (SSSR count). The lowest BCUT2D eigenvalue weighted by Gasteiger charge is -2.29. The smallest absolute Gasteiger partial charge is 0.224 e. The zero-order valence-corrected chi connectivity index (χ0v) is 21.1. The van der Waals surface area contributed by atoms with Crippen molar-refractivity contribution in [1.29, 1.82) is 0 Å². The molecule has 192 valence electrons. The normalized spacial score (nSPS) is 24.6. The second-order valence-corrected chi connectivity index (χ2v) is 10.5. The molecule has 2 atom stereocenters. The number of nitrogens with one attached hydrogen (secondary N) is 2. The van der Waals surface area contributed by atoms with Gasteiger partial charge in [-0.1, -0.05) is 23.2 Å². The number of imidazole rings is 1. The first kappa shape index (κ1) is 25.0. The van der Waals surface area contributed by atoms with E-state index in [1.807, 2.05) is 4.57 Å². The van der Waals surface area contributed by atoms with Crippen LogP contribution in [0.1, 0.15) is 57.4 Å². The van der Waals surface area contributed by atoms with Crippen molar-refractivity contribution in [1.82, 2.24) is 19.5 Å². The van der Waals surface area contributed by atoms with E-state index in [0.29, 0.717) is 55.2 Å². The van der Waals surface area contributed by atoms with Crippen LogP contribution in [0.5, 0.6) is 0 Å². The number of aliphatic hydroxyl groups is 1. The third kappa shape index (κ3) is 5.21. The minimum absolute atomic E-state index is 0.0403. The lowest BCUT2D eigenvalue weighted by molar-refractivity contribution is -0.122. The van der Waals surface area contributed by atoms with Crippen molar-refractivity contribution in [3.05, 3.63) is 34.2 Å². The van der Waals surface area contributed by atoms with Gasteiger partial charge in [0.25, 0.3) is 0 Å². The number of anilines is 3. The largest absolute Gasteiger partial charge is 0.393 e. The Labute approximate surface area is 217 Å². The zero-order valence-electron chi connectivity index (χ0n) is 19.6. The molecule has 1 aromatic carbocycles. The van der Waals surface area contributed by atoms with E-state index in [9.17, 15) is 14.3 Å². The molecule has 2 aliphatic rings. The number of carbonyl (C=O) groups excluding carboxylic acids is 1. The van der Waals surface area contributed by atoms with Crippen LogP contribution in [0.2, 0.25) is 10.0 Å². The summed E-state index contributed by atoms with van der Waals surface area (Å²) in [7, 11) is 0. The second-order valence-electron chi connectivity index (χ2n) is 9.65. The monoisotopic (exact) mass is 535 g/mol. The summed E-state index contributed by atoms with van der Waals surface area (Å²) < 4.78 is 16.7. The molecule has 0 bridgehead atoms. The fourth-order valence-corrected chi connectivity index (χ4v) is 5.78. The van der Waals surface area contributed by atoms with Gasteiger partial charge in [-0.3, -0.25) is 9.36 Å². The summed E-state index contributed by atoms with van der Waals surface area (Å²) in [6.07, 6.45) is 7.26. The average molecular weight is 536 g/mol. The van der Waals surface area contributed by atoms with E-state index in [2.05, 4.69) is 20.6 Å². The lowest BCUT2D eigenvalue weighted by Crippen LogP contribution is -2.30. The van der Waals surface area contributed by atoms with E-state index < -0.39 is 5.82 Å². The molecule has 0 spiro atoms. The van der Waals surface area contributed by atoms with E-state index >= 15 is 0 Å². The van der Waals surface area contributed by atoms with Crippen LogP contribution in [-0.4, -0.2) is 42.7 Å². The Kier molecular flexibility index (Phi) is 7.18.